The molecule has 3 aromatic carbocycles. The lowest BCUT2D eigenvalue weighted by atomic mass is 9.98. The standard InChI is InChI=1S/C27H25F2N3O6/c1-31(19-5-3-6-20(13-19)32(35)36)38-15-18-11-22(18)26(33)30-14-17-10-9-16(12-24(17)29)21-7-4-8-23(28)25(21)27(34)37-2/h3-10,12-13,18,22H,11,14-15H2,1-2H3,(H,30,33). The highest BCUT2D eigenvalue weighted by atomic mass is 19.1. The van der Waals surface area contributed by atoms with E-state index in [1.165, 1.54) is 41.5 Å². The fraction of sp³-hybridized carbons (Fsp3) is 0.259. The van der Waals surface area contributed by atoms with Gasteiger partial charge in [-0.15, -0.1) is 0 Å². The topological polar surface area (TPSA) is 111 Å². The van der Waals surface area contributed by atoms with Crippen LogP contribution in [-0.4, -0.2) is 37.6 Å². The first-order chi connectivity index (χ1) is 18.2. The minimum absolute atomic E-state index is 0.0342. The second-order valence-corrected chi connectivity index (χ2v) is 8.85. The lowest BCUT2D eigenvalue weighted by Gasteiger charge is -2.18. The fourth-order valence-corrected chi connectivity index (χ4v) is 4.08. The van der Waals surface area contributed by atoms with Crippen LogP contribution in [-0.2, 0) is 20.9 Å². The molecule has 0 heterocycles. The van der Waals surface area contributed by atoms with Gasteiger partial charge in [-0.3, -0.25) is 24.8 Å². The summed E-state index contributed by atoms with van der Waals surface area (Å²) in [5.74, 6) is -2.81. The molecular formula is C27H25F2N3O6. The molecule has 0 radical (unpaired) electrons. The molecule has 11 heteroatoms. The van der Waals surface area contributed by atoms with E-state index in [9.17, 15) is 28.5 Å². The Morgan fingerprint density at radius 3 is 2.58 bits per heavy atom. The molecule has 1 fully saturated rings. The number of hydrogen-bond acceptors (Lipinski definition) is 7. The predicted octanol–water partition coefficient (Wildman–Crippen LogP) is 4.65. The molecular weight excluding hydrogens is 500 g/mol. The zero-order valence-corrected chi connectivity index (χ0v) is 20.6. The number of nitro groups is 1. The van der Waals surface area contributed by atoms with Crippen LogP contribution in [0.2, 0.25) is 0 Å². The van der Waals surface area contributed by atoms with E-state index in [0.717, 1.165) is 13.2 Å². The highest BCUT2D eigenvalue weighted by Crippen LogP contribution is 2.39. The largest absolute Gasteiger partial charge is 0.465 e. The Balaban J connectivity index is 1.31. The average molecular weight is 526 g/mol. The lowest BCUT2D eigenvalue weighted by molar-refractivity contribution is -0.384. The number of ether oxygens (including phenoxy) is 1. The first-order valence-corrected chi connectivity index (χ1v) is 11.7. The molecule has 38 heavy (non-hydrogen) atoms. The van der Waals surface area contributed by atoms with E-state index in [0.29, 0.717) is 17.7 Å². The number of amides is 1. The zero-order chi connectivity index (χ0) is 27.4. The molecule has 198 valence electrons. The summed E-state index contributed by atoms with van der Waals surface area (Å²) in [6.07, 6.45) is 0.603. The summed E-state index contributed by atoms with van der Waals surface area (Å²) < 4.78 is 33.7. The van der Waals surface area contributed by atoms with Crippen LogP contribution >= 0.6 is 0 Å². The molecule has 1 aliphatic carbocycles. The molecule has 0 bridgehead atoms. The molecule has 4 rings (SSSR count). The molecule has 1 saturated carbocycles. The van der Waals surface area contributed by atoms with Crippen molar-refractivity contribution in [2.45, 2.75) is 13.0 Å². The van der Waals surface area contributed by atoms with Crippen molar-refractivity contribution in [2.75, 3.05) is 25.8 Å². The summed E-state index contributed by atoms with van der Waals surface area (Å²) in [6, 6.07) is 14.2. The van der Waals surface area contributed by atoms with Crippen LogP contribution in [0.25, 0.3) is 11.1 Å². The maximum absolute atomic E-state index is 14.8. The molecule has 1 aliphatic rings. The highest BCUT2D eigenvalue weighted by Gasteiger charge is 2.43. The molecule has 1 amide bonds. The normalized spacial score (nSPS) is 16.0. The van der Waals surface area contributed by atoms with Gasteiger partial charge in [-0.05, 0) is 41.7 Å². The molecule has 0 aromatic heterocycles. The Hall–Kier alpha value is -4.38. The van der Waals surface area contributed by atoms with E-state index < -0.39 is 22.5 Å². The van der Waals surface area contributed by atoms with Gasteiger partial charge in [0.15, 0.2) is 0 Å². The second kappa shape index (κ2) is 11.3. The Bertz CT molecular complexity index is 1380. The van der Waals surface area contributed by atoms with Crippen molar-refractivity contribution in [3.63, 3.8) is 0 Å². The highest BCUT2D eigenvalue weighted by molar-refractivity contribution is 5.97. The first kappa shape index (κ1) is 26.7. The second-order valence-electron chi connectivity index (χ2n) is 8.85. The van der Waals surface area contributed by atoms with Crippen molar-refractivity contribution >= 4 is 23.3 Å². The van der Waals surface area contributed by atoms with Gasteiger partial charge >= 0.3 is 5.97 Å². The van der Waals surface area contributed by atoms with Crippen molar-refractivity contribution in [3.8, 4) is 11.1 Å². The Morgan fingerprint density at radius 1 is 1.11 bits per heavy atom. The van der Waals surface area contributed by atoms with E-state index in [4.69, 9.17) is 4.84 Å². The van der Waals surface area contributed by atoms with Crippen LogP contribution < -0.4 is 10.4 Å². The number of nitro benzene ring substituents is 1. The van der Waals surface area contributed by atoms with Gasteiger partial charge in [0, 0.05) is 37.2 Å². The average Bonchev–Trinajstić information content (AvgIpc) is 3.70. The van der Waals surface area contributed by atoms with Gasteiger partial charge in [0.1, 0.15) is 17.2 Å². The number of carbonyl (C=O) groups excluding carboxylic acids is 2. The molecule has 2 atom stereocenters. The Labute approximate surface area is 217 Å². The van der Waals surface area contributed by atoms with Gasteiger partial charge < -0.3 is 10.1 Å². The van der Waals surface area contributed by atoms with Crippen molar-refractivity contribution < 1.29 is 32.9 Å². The van der Waals surface area contributed by atoms with Gasteiger partial charge in [0.2, 0.25) is 5.91 Å². The van der Waals surface area contributed by atoms with Crippen LogP contribution in [0.3, 0.4) is 0 Å². The number of anilines is 1. The van der Waals surface area contributed by atoms with Crippen LogP contribution in [0, 0.1) is 33.6 Å². The molecule has 3 aromatic rings. The number of non-ortho nitro benzene ring substituents is 1. The SMILES string of the molecule is COC(=O)c1c(F)cccc1-c1ccc(CNC(=O)C2CC2CON(C)c2cccc([N+](=O)[O-])c2)c(F)c1. The van der Waals surface area contributed by atoms with E-state index in [2.05, 4.69) is 10.1 Å². The van der Waals surface area contributed by atoms with E-state index in [1.54, 1.807) is 25.2 Å². The van der Waals surface area contributed by atoms with Gasteiger partial charge in [0.05, 0.1) is 24.3 Å². The molecule has 0 saturated heterocycles. The monoisotopic (exact) mass is 525 g/mol. The van der Waals surface area contributed by atoms with E-state index in [-0.39, 0.29) is 53.3 Å². The van der Waals surface area contributed by atoms with Crippen molar-refractivity contribution in [3.05, 3.63) is 93.5 Å². The first-order valence-electron chi connectivity index (χ1n) is 11.7. The summed E-state index contributed by atoms with van der Waals surface area (Å²) in [7, 11) is 2.76. The van der Waals surface area contributed by atoms with Gasteiger partial charge in [-0.2, -0.15) is 0 Å². The lowest BCUT2D eigenvalue weighted by Crippen LogP contribution is -2.26. The van der Waals surface area contributed by atoms with Gasteiger partial charge in [-0.25, -0.2) is 13.6 Å². The van der Waals surface area contributed by atoms with Crippen LogP contribution in [0.1, 0.15) is 22.3 Å². The zero-order valence-electron chi connectivity index (χ0n) is 20.6. The third-order valence-electron chi connectivity index (χ3n) is 6.37. The summed E-state index contributed by atoms with van der Waals surface area (Å²) in [4.78, 5) is 40.7. The van der Waals surface area contributed by atoms with Crippen LogP contribution in [0.5, 0.6) is 0 Å². The minimum atomic E-state index is -0.867. The maximum Gasteiger partial charge on any atom is 0.341 e. The van der Waals surface area contributed by atoms with Crippen molar-refractivity contribution in [1.82, 2.24) is 5.32 Å². The Morgan fingerprint density at radius 2 is 1.87 bits per heavy atom. The maximum atomic E-state index is 14.8. The number of nitrogens with one attached hydrogen (secondary N) is 1. The fourth-order valence-electron chi connectivity index (χ4n) is 4.08. The number of halogens is 2. The molecule has 2 unspecified atom stereocenters. The van der Waals surface area contributed by atoms with Crippen LogP contribution in [0.15, 0.2) is 60.7 Å². The summed E-state index contributed by atoms with van der Waals surface area (Å²) >= 11 is 0. The minimum Gasteiger partial charge on any atom is -0.465 e. The number of hydrogen-bond donors (Lipinski definition) is 1. The van der Waals surface area contributed by atoms with Crippen LogP contribution in [0.4, 0.5) is 20.2 Å². The van der Waals surface area contributed by atoms with Gasteiger partial charge in [-0.1, -0.05) is 30.3 Å². The van der Waals surface area contributed by atoms with Crippen molar-refractivity contribution in [2.24, 2.45) is 11.8 Å². The molecule has 0 spiro atoms. The quantitative estimate of drug-likeness (QED) is 0.233. The number of hydroxylamine groups is 1. The van der Waals surface area contributed by atoms with Crippen molar-refractivity contribution in [1.29, 1.82) is 0 Å². The number of benzene rings is 3. The van der Waals surface area contributed by atoms with E-state index in [1.807, 2.05) is 0 Å². The smallest absolute Gasteiger partial charge is 0.341 e. The molecule has 0 aliphatic heterocycles. The number of carbonyl (C=O) groups is 2. The number of nitrogens with zero attached hydrogens (tertiary/aromatic N) is 2. The predicted molar refractivity (Wildman–Crippen MR) is 134 cm³/mol. The number of esters is 1. The third-order valence-corrected chi connectivity index (χ3v) is 6.37. The summed E-state index contributed by atoms with van der Waals surface area (Å²) in [6.45, 7) is 0.201. The third kappa shape index (κ3) is 5.94. The molecule has 1 N–H and O–H groups in total. The van der Waals surface area contributed by atoms with Gasteiger partial charge in [0.25, 0.3) is 5.69 Å². The van der Waals surface area contributed by atoms with E-state index >= 15 is 0 Å². The summed E-state index contributed by atoms with van der Waals surface area (Å²) in [5.41, 5.74) is 0.899. The number of methoxy groups -OCH3 is 1. The summed E-state index contributed by atoms with van der Waals surface area (Å²) in [5, 5.41) is 15.1. The molecule has 9 nitrogen and oxygen atoms in total. The Kier molecular flexibility index (Phi) is 7.96. The number of rotatable bonds is 10.